The predicted molar refractivity (Wildman–Crippen MR) is 179 cm³/mol. The Morgan fingerprint density at radius 3 is 1.95 bits per heavy atom. The van der Waals surface area contributed by atoms with E-state index in [4.69, 9.17) is 4.99 Å². The number of amides is 1. The second-order valence-corrected chi connectivity index (χ2v) is 11.0. The van der Waals surface area contributed by atoms with E-state index < -0.39 is 0 Å². The van der Waals surface area contributed by atoms with Crippen LogP contribution >= 0.6 is 0 Å². The van der Waals surface area contributed by atoms with Crippen LogP contribution in [0.1, 0.15) is 32.6 Å². The van der Waals surface area contributed by atoms with E-state index in [-0.39, 0.29) is 11.8 Å². The lowest BCUT2D eigenvalue weighted by atomic mass is 9.99. The Bertz CT molecular complexity index is 1900. The smallest absolute Gasteiger partial charge is 0.258 e. The maximum Gasteiger partial charge on any atom is 0.258 e. The van der Waals surface area contributed by atoms with Crippen molar-refractivity contribution in [1.29, 1.82) is 0 Å². The highest BCUT2D eigenvalue weighted by molar-refractivity contribution is 6.22. The number of aromatic hydroxyl groups is 1. The molecule has 1 aromatic heterocycles. The highest BCUT2D eigenvalue weighted by atomic mass is 16.3. The molecule has 2 N–H and O–H groups in total. The first-order chi connectivity index (χ1) is 21.5. The third-order valence-corrected chi connectivity index (χ3v) is 7.68. The first-order valence-corrected chi connectivity index (χ1v) is 14.6. The van der Waals surface area contributed by atoms with E-state index in [0.717, 1.165) is 40.9 Å². The molecule has 6 aromatic rings. The minimum atomic E-state index is -0.143. The van der Waals surface area contributed by atoms with Gasteiger partial charge in [-0.2, -0.15) is 0 Å². The highest BCUT2D eigenvalue weighted by Gasteiger charge is 2.21. The summed E-state index contributed by atoms with van der Waals surface area (Å²) in [7, 11) is 3.88. The number of aromatic nitrogens is 1. The van der Waals surface area contributed by atoms with Gasteiger partial charge in [-0.15, -0.1) is 0 Å². The number of aliphatic imine (C=N–C) groups is 1. The quantitative estimate of drug-likeness (QED) is 0.171. The van der Waals surface area contributed by atoms with Crippen LogP contribution in [0.25, 0.3) is 10.9 Å². The molecule has 1 amide bonds. The standard InChI is InChI=1S/C38H34N4O2/c1-41(25-27-12-6-3-7-13-27)26-28-18-21-31(22-19-28)39-36(29-14-8-4-9-15-29)35-33-24-30(20-23-34(33)40-37(35)43)38(44)42(2)32-16-10-5-11-17-32/h3-24,40,43H,25-26H2,1-2H3. The Hall–Kier alpha value is -5.46. The summed E-state index contributed by atoms with van der Waals surface area (Å²) in [5.74, 6) is -0.140. The fraction of sp³-hybridized carbons (Fsp3) is 0.105. The SMILES string of the molecule is CN(Cc1ccccc1)Cc1ccc(N=C(c2ccccc2)c2c(O)[nH]c3ccc(C(=O)N(C)c4ccccc4)cc23)cc1. The molecule has 0 spiro atoms. The second-order valence-electron chi connectivity index (χ2n) is 11.0. The van der Waals surface area contributed by atoms with Crippen molar-refractivity contribution in [2.24, 2.45) is 4.99 Å². The summed E-state index contributed by atoms with van der Waals surface area (Å²) in [6.45, 7) is 1.67. The Morgan fingerprint density at radius 2 is 1.30 bits per heavy atom. The largest absolute Gasteiger partial charge is 0.494 e. The summed E-state index contributed by atoms with van der Waals surface area (Å²) in [6, 6.07) is 43.4. The Labute approximate surface area is 257 Å². The van der Waals surface area contributed by atoms with Crippen LogP contribution in [0, 0.1) is 0 Å². The van der Waals surface area contributed by atoms with E-state index >= 15 is 0 Å². The molecule has 0 bridgehead atoms. The molecule has 0 saturated carbocycles. The second kappa shape index (κ2) is 12.8. The average Bonchev–Trinajstić information content (AvgIpc) is 3.39. The summed E-state index contributed by atoms with van der Waals surface area (Å²) in [5, 5.41) is 11.9. The van der Waals surface area contributed by atoms with E-state index in [2.05, 4.69) is 53.3 Å². The van der Waals surface area contributed by atoms with Crippen molar-refractivity contribution in [2.45, 2.75) is 13.1 Å². The molecule has 0 aliphatic carbocycles. The van der Waals surface area contributed by atoms with E-state index in [1.54, 1.807) is 18.0 Å². The molecule has 0 fully saturated rings. The highest BCUT2D eigenvalue weighted by Crippen LogP contribution is 2.33. The Morgan fingerprint density at radius 1 is 0.705 bits per heavy atom. The number of hydrogen-bond acceptors (Lipinski definition) is 4. The molecule has 5 aromatic carbocycles. The average molecular weight is 579 g/mol. The number of carbonyl (C=O) groups is 1. The monoisotopic (exact) mass is 578 g/mol. The lowest BCUT2D eigenvalue weighted by molar-refractivity contribution is 0.0993. The number of anilines is 1. The van der Waals surface area contributed by atoms with Crippen molar-refractivity contribution in [3.8, 4) is 5.88 Å². The van der Waals surface area contributed by atoms with Crippen molar-refractivity contribution in [3.63, 3.8) is 0 Å². The summed E-state index contributed by atoms with van der Waals surface area (Å²) in [4.78, 5) is 25.5. The van der Waals surface area contributed by atoms with Gasteiger partial charge in [-0.25, -0.2) is 4.99 Å². The van der Waals surface area contributed by atoms with Gasteiger partial charge in [0.1, 0.15) is 0 Å². The number of nitrogens with one attached hydrogen (secondary N) is 1. The number of carbonyl (C=O) groups excluding carboxylic acids is 1. The molecule has 6 nitrogen and oxygen atoms in total. The van der Waals surface area contributed by atoms with Crippen LogP contribution < -0.4 is 4.90 Å². The van der Waals surface area contributed by atoms with Crippen LogP contribution in [-0.2, 0) is 13.1 Å². The van der Waals surface area contributed by atoms with Gasteiger partial charge < -0.3 is 15.0 Å². The zero-order chi connectivity index (χ0) is 30.5. The number of aromatic amines is 1. The van der Waals surface area contributed by atoms with Crippen LogP contribution in [-0.4, -0.2) is 40.7 Å². The number of nitrogens with zero attached hydrogens (tertiary/aromatic N) is 3. The lowest BCUT2D eigenvalue weighted by Gasteiger charge is -2.17. The summed E-state index contributed by atoms with van der Waals surface area (Å²) >= 11 is 0. The van der Waals surface area contributed by atoms with Gasteiger partial charge in [0.15, 0.2) is 5.88 Å². The number of hydrogen-bond donors (Lipinski definition) is 2. The van der Waals surface area contributed by atoms with Gasteiger partial charge in [-0.1, -0.05) is 91.0 Å². The third-order valence-electron chi connectivity index (χ3n) is 7.68. The topological polar surface area (TPSA) is 71.9 Å². The molecule has 218 valence electrons. The van der Waals surface area contributed by atoms with Gasteiger partial charge in [0, 0.05) is 47.9 Å². The zero-order valence-corrected chi connectivity index (χ0v) is 24.8. The van der Waals surface area contributed by atoms with Gasteiger partial charge in [0.2, 0.25) is 0 Å². The van der Waals surface area contributed by atoms with Gasteiger partial charge in [0.25, 0.3) is 5.91 Å². The summed E-state index contributed by atoms with van der Waals surface area (Å²) < 4.78 is 0. The molecule has 0 aliphatic heterocycles. The number of rotatable bonds is 9. The fourth-order valence-corrected chi connectivity index (χ4v) is 5.44. The molecule has 0 aliphatic rings. The third kappa shape index (κ3) is 6.31. The van der Waals surface area contributed by atoms with Gasteiger partial charge in [0.05, 0.1) is 17.0 Å². The molecule has 6 rings (SSSR count). The van der Waals surface area contributed by atoms with Crippen LogP contribution in [0.15, 0.2) is 138 Å². The van der Waals surface area contributed by atoms with E-state index in [1.165, 1.54) is 11.1 Å². The van der Waals surface area contributed by atoms with Crippen LogP contribution in [0.3, 0.4) is 0 Å². The van der Waals surface area contributed by atoms with E-state index in [9.17, 15) is 9.90 Å². The molecular weight excluding hydrogens is 544 g/mol. The van der Waals surface area contributed by atoms with Crippen LogP contribution in [0.4, 0.5) is 11.4 Å². The number of fused-ring (bicyclic) bond motifs is 1. The molecule has 6 heteroatoms. The number of benzene rings is 5. The molecule has 0 radical (unpaired) electrons. The van der Waals surface area contributed by atoms with Crippen molar-refractivity contribution in [2.75, 3.05) is 19.0 Å². The first-order valence-electron chi connectivity index (χ1n) is 14.6. The fourth-order valence-electron chi connectivity index (χ4n) is 5.44. The molecule has 0 atom stereocenters. The van der Waals surface area contributed by atoms with Gasteiger partial charge in [-0.05, 0) is 60.6 Å². The maximum atomic E-state index is 13.5. The number of para-hydroxylation sites is 1. The maximum absolute atomic E-state index is 13.5. The Balaban J connectivity index is 1.34. The minimum absolute atomic E-state index is 0.00257. The van der Waals surface area contributed by atoms with E-state index in [0.29, 0.717) is 16.8 Å². The molecular formula is C38H34N4O2. The first kappa shape index (κ1) is 28.6. The molecule has 1 heterocycles. The summed E-state index contributed by atoms with van der Waals surface area (Å²) in [6.07, 6.45) is 0. The van der Waals surface area contributed by atoms with E-state index in [1.807, 2.05) is 91.0 Å². The van der Waals surface area contributed by atoms with Crippen molar-refractivity contribution >= 4 is 33.9 Å². The zero-order valence-electron chi connectivity index (χ0n) is 24.8. The van der Waals surface area contributed by atoms with Gasteiger partial charge >= 0.3 is 0 Å². The van der Waals surface area contributed by atoms with Crippen molar-refractivity contribution in [3.05, 3.63) is 161 Å². The van der Waals surface area contributed by atoms with Crippen molar-refractivity contribution < 1.29 is 9.90 Å². The van der Waals surface area contributed by atoms with Crippen LogP contribution in [0.5, 0.6) is 5.88 Å². The van der Waals surface area contributed by atoms with Crippen molar-refractivity contribution in [1.82, 2.24) is 9.88 Å². The molecule has 0 saturated heterocycles. The number of H-pyrrole nitrogens is 1. The summed E-state index contributed by atoms with van der Waals surface area (Å²) in [5.41, 5.74) is 7.28. The minimum Gasteiger partial charge on any atom is -0.494 e. The lowest BCUT2D eigenvalue weighted by Crippen LogP contribution is -2.26. The predicted octanol–water partition coefficient (Wildman–Crippen LogP) is 7.95. The molecule has 0 unspecified atom stereocenters. The van der Waals surface area contributed by atoms with Crippen LogP contribution in [0.2, 0.25) is 0 Å². The normalized spacial score (nSPS) is 11.7. The molecule has 44 heavy (non-hydrogen) atoms. The van der Waals surface area contributed by atoms with Gasteiger partial charge in [-0.3, -0.25) is 9.69 Å². The Kier molecular flexibility index (Phi) is 8.34.